The van der Waals surface area contributed by atoms with Gasteiger partial charge in [0.25, 0.3) is 0 Å². The molecule has 1 saturated carbocycles. The van der Waals surface area contributed by atoms with E-state index in [-0.39, 0.29) is 23.9 Å². The van der Waals surface area contributed by atoms with Crippen LogP contribution in [-0.2, 0) is 11.3 Å². The van der Waals surface area contributed by atoms with Crippen LogP contribution in [0.2, 0.25) is 0 Å². The molecule has 0 spiro atoms. The number of urea groups is 1. The quantitative estimate of drug-likeness (QED) is 0.714. The van der Waals surface area contributed by atoms with Crippen molar-refractivity contribution in [1.29, 1.82) is 0 Å². The van der Waals surface area contributed by atoms with Gasteiger partial charge >= 0.3 is 6.03 Å². The minimum absolute atomic E-state index is 0.000571. The number of benzene rings is 2. The molecule has 2 aromatic carbocycles. The largest absolute Gasteiger partial charge is 0.497 e. The molecule has 1 aliphatic carbocycles. The molecule has 0 saturated heterocycles. The van der Waals surface area contributed by atoms with Crippen LogP contribution in [0.5, 0.6) is 5.75 Å². The standard InChI is InChI=1S/C22H27N3O3/c1-28-20-13-7-16(8-14-20)15-23-22(27)25-19-11-9-17(10-12-19)21(26)24-18-5-3-2-4-6-18/h2-8,13-14,17,19H,9-12,15H2,1H3,(H,24,26)(H2,23,25,27). The van der Waals surface area contributed by atoms with Crippen molar-refractivity contribution in [3.8, 4) is 5.75 Å². The molecule has 3 amide bonds. The van der Waals surface area contributed by atoms with Crippen LogP contribution < -0.4 is 20.7 Å². The predicted molar refractivity (Wildman–Crippen MR) is 109 cm³/mol. The Labute approximate surface area is 165 Å². The number of para-hydroxylation sites is 1. The lowest BCUT2D eigenvalue weighted by Crippen LogP contribution is -2.44. The first-order chi connectivity index (χ1) is 13.6. The van der Waals surface area contributed by atoms with Crippen LogP contribution in [0.25, 0.3) is 0 Å². The van der Waals surface area contributed by atoms with Gasteiger partial charge in [-0.3, -0.25) is 4.79 Å². The Morgan fingerprint density at radius 1 is 0.964 bits per heavy atom. The number of nitrogens with one attached hydrogen (secondary N) is 3. The molecule has 6 nitrogen and oxygen atoms in total. The maximum absolute atomic E-state index is 12.4. The van der Waals surface area contributed by atoms with Crippen molar-refractivity contribution in [2.75, 3.05) is 12.4 Å². The Hall–Kier alpha value is -3.02. The molecule has 0 aromatic heterocycles. The van der Waals surface area contributed by atoms with Crippen molar-refractivity contribution in [2.24, 2.45) is 5.92 Å². The van der Waals surface area contributed by atoms with E-state index in [1.54, 1.807) is 7.11 Å². The number of carbonyl (C=O) groups excluding carboxylic acids is 2. The Bertz CT molecular complexity index is 769. The lowest BCUT2D eigenvalue weighted by molar-refractivity contribution is -0.120. The van der Waals surface area contributed by atoms with E-state index in [1.807, 2.05) is 54.6 Å². The van der Waals surface area contributed by atoms with Crippen LogP contribution in [0.1, 0.15) is 31.2 Å². The average Bonchev–Trinajstić information content (AvgIpc) is 2.74. The van der Waals surface area contributed by atoms with E-state index in [0.29, 0.717) is 6.54 Å². The smallest absolute Gasteiger partial charge is 0.315 e. The van der Waals surface area contributed by atoms with Gasteiger partial charge in [0.15, 0.2) is 0 Å². The number of methoxy groups -OCH3 is 1. The number of rotatable bonds is 6. The summed E-state index contributed by atoms with van der Waals surface area (Å²) in [5.74, 6) is 0.857. The third-order valence-electron chi connectivity index (χ3n) is 5.09. The number of hydrogen-bond acceptors (Lipinski definition) is 3. The van der Waals surface area contributed by atoms with Crippen molar-refractivity contribution >= 4 is 17.6 Å². The maximum Gasteiger partial charge on any atom is 0.315 e. The van der Waals surface area contributed by atoms with Crippen LogP contribution in [0.15, 0.2) is 54.6 Å². The SMILES string of the molecule is COc1ccc(CNC(=O)NC2CCC(C(=O)Nc3ccccc3)CC2)cc1. The molecule has 3 rings (SSSR count). The Balaban J connectivity index is 1.37. The van der Waals surface area contributed by atoms with Gasteiger partial charge in [-0.25, -0.2) is 4.79 Å². The zero-order valence-electron chi connectivity index (χ0n) is 16.1. The Kier molecular flexibility index (Phi) is 6.89. The van der Waals surface area contributed by atoms with Crippen molar-refractivity contribution in [3.63, 3.8) is 0 Å². The molecule has 0 radical (unpaired) electrons. The highest BCUT2D eigenvalue weighted by atomic mass is 16.5. The lowest BCUT2D eigenvalue weighted by atomic mass is 9.85. The third kappa shape index (κ3) is 5.74. The summed E-state index contributed by atoms with van der Waals surface area (Å²) < 4.78 is 5.13. The highest BCUT2D eigenvalue weighted by molar-refractivity contribution is 5.92. The van der Waals surface area contributed by atoms with Gasteiger partial charge in [-0.15, -0.1) is 0 Å². The van der Waals surface area contributed by atoms with Crippen LogP contribution in [0.4, 0.5) is 10.5 Å². The number of amides is 3. The highest BCUT2D eigenvalue weighted by Crippen LogP contribution is 2.25. The first-order valence-corrected chi connectivity index (χ1v) is 9.67. The second kappa shape index (κ2) is 9.78. The minimum atomic E-state index is -0.173. The van der Waals surface area contributed by atoms with E-state index in [4.69, 9.17) is 4.74 Å². The second-order valence-corrected chi connectivity index (χ2v) is 7.08. The first-order valence-electron chi connectivity index (χ1n) is 9.67. The predicted octanol–water partition coefficient (Wildman–Crippen LogP) is 3.69. The first kappa shape index (κ1) is 19.7. The molecule has 1 fully saturated rings. The molecule has 0 heterocycles. The van der Waals surface area contributed by atoms with Gasteiger partial charge in [0.1, 0.15) is 5.75 Å². The van der Waals surface area contributed by atoms with Gasteiger partial charge < -0.3 is 20.7 Å². The van der Waals surface area contributed by atoms with Gasteiger partial charge in [0, 0.05) is 24.2 Å². The molecule has 3 N–H and O–H groups in total. The van der Waals surface area contributed by atoms with Crippen LogP contribution in [0.3, 0.4) is 0 Å². The van der Waals surface area contributed by atoms with E-state index in [9.17, 15) is 9.59 Å². The van der Waals surface area contributed by atoms with Crippen molar-refractivity contribution < 1.29 is 14.3 Å². The third-order valence-corrected chi connectivity index (χ3v) is 5.09. The highest BCUT2D eigenvalue weighted by Gasteiger charge is 2.27. The Morgan fingerprint density at radius 3 is 2.29 bits per heavy atom. The fourth-order valence-corrected chi connectivity index (χ4v) is 3.43. The molecular weight excluding hydrogens is 354 g/mol. The Morgan fingerprint density at radius 2 is 1.64 bits per heavy atom. The summed E-state index contributed by atoms with van der Waals surface area (Å²) in [7, 11) is 1.63. The summed E-state index contributed by atoms with van der Waals surface area (Å²) >= 11 is 0. The zero-order valence-corrected chi connectivity index (χ0v) is 16.1. The summed E-state index contributed by atoms with van der Waals surface area (Å²) in [6, 6.07) is 17.0. The summed E-state index contributed by atoms with van der Waals surface area (Å²) in [4.78, 5) is 24.5. The minimum Gasteiger partial charge on any atom is -0.497 e. The number of hydrogen-bond donors (Lipinski definition) is 3. The zero-order chi connectivity index (χ0) is 19.8. The van der Waals surface area contributed by atoms with Gasteiger partial charge in [-0.05, 0) is 55.5 Å². The molecule has 0 atom stereocenters. The summed E-state index contributed by atoms with van der Waals surface area (Å²) in [5, 5.41) is 8.86. The molecule has 2 aromatic rings. The molecule has 6 heteroatoms. The second-order valence-electron chi connectivity index (χ2n) is 7.08. The van der Waals surface area contributed by atoms with Crippen LogP contribution in [0, 0.1) is 5.92 Å². The number of ether oxygens (including phenoxy) is 1. The number of anilines is 1. The van der Waals surface area contributed by atoms with Gasteiger partial charge in [-0.1, -0.05) is 30.3 Å². The van der Waals surface area contributed by atoms with Crippen LogP contribution in [-0.4, -0.2) is 25.1 Å². The summed E-state index contributed by atoms with van der Waals surface area (Å²) in [6.07, 6.45) is 3.18. The topological polar surface area (TPSA) is 79.5 Å². The van der Waals surface area contributed by atoms with E-state index in [2.05, 4.69) is 16.0 Å². The molecule has 0 unspecified atom stereocenters. The lowest BCUT2D eigenvalue weighted by Gasteiger charge is -2.28. The number of carbonyl (C=O) groups is 2. The van der Waals surface area contributed by atoms with Gasteiger partial charge in [0.2, 0.25) is 5.91 Å². The molecular formula is C22H27N3O3. The molecule has 0 aliphatic heterocycles. The average molecular weight is 381 g/mol. The fraction of sp³-hybridized carbons (Fsp3) is 0.364. The van der Waals surface area contributed by atoms with Gasteiger partial charge in [0.05, 0.1) is 7.11 Å². The normalized spacial score (nSPS) is 18.8. The molecule has 148 valence electrons. The molecule has 0 bridgehead atoms. The van der Waals surface area contributed by atoms with E-state index < -0.39 is 0 Å². The fourth-order valence-electron chi connectivity index (χ4n) is 3.43. The van der Waals surface area contributed by atoms with Crippen molar-refractivity contribution in [1.82, 2.24) is 10.6 Å². The molecule has 28 heavy (non-hydrogen) atoms. The van der Waals surface area contributed by atoms with Crippen molar-refractivity contribution in [2.45, 2.75) is 38.3 Å². The van der Waals surface area contributed by atoms with E-state index >= 15 is 0 Å². The van der Waals surface area contributed by atoms with E-state index in [0.717, 1.165) is 42.7 Å². The van der Waals surface area contributed by atoms with Gasteiger partial charge in [-0.2, -0.15) is 0 Å². The summed E-state index contributed by atoms with van der Waals surface area (Å²) in [6.45, 7) is 0.463. The molecule has 1 aliphatic rings. The van der Waals surface area contributed by atoms with Crippen LogP contribution >= 0.6 is 0 Å². The maximum atomic E-state index is 12.4. The van der Waals surface area contributed by atoms with Crippen molar-refractivity contribution in [3.05, 3.63) is 60.2 Å². The van der Waals surface area contributed by atoms with E-state index in [1.165, 1.54) is 0 Å². The summed E-state index contributed by atoms with van der Waals surface area (Å²) in [5.41, 5.74) is 1.84. The monoisotopic (exact) mass is 381 g/mol.